The Balaban J connectivity index is 2.92. The summed E-state index contributed by atoms with van der Waals surface area (Å²) >= 11 is 1.90. The van der Waals surface area contributed by atoms with Crippen LogP contribution in [-0.2, 0) is 0 Å². The molecule has 0 unspecified atom stereocenters. The predicted octanol–water partition coefficient (Wildman–Crippen LogP) is 0.853. The van der Waals surface area contributed by atoms with Gasteiger partial charge in [0.25, 0.3) is 0 Å². The van der Waals surface area contributed by atoms with E-state index in [-0.39, 0.29) is 6.61 Å². The second-order valence-corrected chi connectivity index (χ2v) is 4.43. The van der Waals surface area contributed by atoms with Crippen LogP contribution in [0.1, 0.15) is 25.7 Å². The zero-order valence-corrected chi connectivity index (χ0v) is 9.85. The third-order valence-electron chi connectivity index (χ3n) is 2.04. The number of hydrogen-bond acceptors (Lipinski definition) is 4. The van der Waals surface area contributed by atoms with Crippen molar-refractivity contribution in [2.75, 3.05) is 31.7 Å². The fraction of sp³-hybridized carbons (Fsp3) is 1.00. The van der Waals surface area contributed by atoms with Crippen LogP contribution in [0.3, 0.4) is 0 Å². The summed E-state index contributed by atoms with van der Waals surface area (Å²) in [6.45, 7) is 1.29. The second kappa shape index (κ2) is 11.3. The molecule has 1 atom stereocenters. The summed E-state index contributed by atoms with van der Waals surface area (Å²) in [5, 5.41) is 20.7. The molecule has 0 heterocycles. The molecule has 0 aliphatic rings. The van der Waals surface area contributed by atoms with Crippen molar-refractivity contribution in [3.63, 3.8) is 0 Å². The Bertz CT molecular complexity index is 114. The van der Waals surface area contributed by atoms with Crippen LogP contribution in [0, 0.1) is 0 Å². The van der Waals surface area contributed by atoms with Crippen molar-refractivity contribution in [2.45, 2.75) is 31.8 Å². The smallest absolute Gasteiger partial charge is 0.0894 e. The molecule has 0 amide bonds. The first kappa shape index (κ1) is 14.2. The fourth-order valence-electron chi connectivity index (χ4n) is 1.18. The van der Waals surface area contributed by atoms with E-state index in [0.29, 0.717) is 6.54 Å². The van der Waals surface area contributed by atoms with Gasteiger partial charge in [-0.2, -0.15) is 11.8 Å². The summed E-state index contributed by atoms with van der Waals surface area (Å²) in [5.74, 6) is 1.26. The van der Waals surface area contributed by atoms with Gasteiger partial charge in [0.15, 0.2) is 0 Å². The van der Waals surface area contributed by atoms with E-state index in [2.05, 4.69) is 11.6 Å². The molecule has 0 radical (unpaired) electrons. The molecule has 0 aromatic rings. The van der Waals surface area contributed by atoms with Crippen molar-refractivity contribution in [1.82, 2.24) is 5.32 Å². The lowest BCUT2D eigenvalue weighted by atomic mass is 10.2. The molecule has 0 bridgehead atoms. The summed E-state index contributed by atoms with van der Waals surface area (Å²) in [4.78, 5) is 0. The van der Waals surface area contributed by atoms with Gasteiger partial charge in [0.05, 0.1) is 12.7 Å². The number of hydrogen-bond donors (Lipinski definition) is 3. The van der Waals surface area contributed by atoms with Gasteiger partial charge in [-0.1, -0.05) is 12.8 Å². The molecule has 0 rings (SSSR count). The largest absolute Gasteiger partial charge is 0.394 e. The van der Waals surface area contributed by atoms with Crippen LogP contribution < -0.4 is 5.32 Å². The van der Waals surface area contributed by atoms with E-state index < -0.39 is 6.10 Å². The summed E-state index contributed by atoms with van der Waals surface area (Å²) in [6, 6.07) is 0. The van der Waals surface area contributed by atoms with Gasteiger partial charge in [0.2, 0.25) is 0 Å². The van der Waals surface area contributed by atoms with E-state index >= 15 is 0 Å². The van der Waals surface area contributed by atoms with Gasteiger partial charge in [-0.15, -0.1) is 0 Å². The highest BCUT2D eigenvalue weighted by Gasteiger charge is 1.99. The SMILES string of the molecule is CSCCCCCCNC[C@H](O)CO. The highest BCUT2D eigenvalue weighted by atomic mass is 32.2. The molecular formula is C10H23NO2S. The summed E-state index contributed by atoms with van der Waals surface area (Å²) in [7, 11) is 0. The average molecular weight is 221 g/mol. The van der Waals surface area contributed by atoms with Crippen molar-refractivity contribution >= 4 is 11.8 Å². The Morgan fingerprint density at radius 2 is 1.93 bits per heavy atom. The third kappa shape index (κ3) is 10.3. The zero-order chi connectivity index (χ0) is 10.6. The van der Waals surface area contributed by atoms with E-state index in [9.17, 15) is 0 Å². The molecule has 0 aliphatic heterocycles. The fourth-order valence-corrected chi connectivity index (χ4v) is 1.68. The second-order valence-electron chi connectivity index (χ2n) is 3.45. The highest BCUT2D eigenvalue weighted by Crippen LogP contribution is 2.03. The molecule has 86 valence electrons. The Hall–Kier alpha value is 0.230. The summed E-state index contributed by atoms with van der Waals surface area (Å²) in [5.41, 5.74) is 0. The lowest BCUT2D eigenvalue weighted by Crippen LogP contribution is -2.29. The van der Waals surface area contributed by atoms with E-state index in [1.807, 2.05) is 11.8 Å². The number of rotatable bonds is 10. The first-order valence-electron chi connectivity index (χ1n) is 5.29. The summed E-state index contributed by atoms with van der Waals surface area (Å²) < 4.78 is 0. The van der Waals surface area contributed by atoms with Gasteiger partial charge >= 0.3 is 0 Å². The number of thioether (sulfide) groups is 1. The normalized spacial score (nSPS) is 13.1. The van der Waals surface area contributed by atoms with Crippen molar-refractivity contribution in [2.24, 2.45) is 0 Å². The van der Waals surface area contributed by atoms with Crippen LogP contribution in [0.15, 0.2) is 0 Å². The third-order valence-corrected chi connectivity index (χ3v) is 2.74. The van der Waals surface area contributed by atoms with Crippen molar-refractivity contribution < 1.29 is 10.2 Å². The Morgan fingerprint density at radius 1 is 1.21 bits per heavy atom. The van der Waals surface area contributed by atoms with Gasteiger partial charge in [0, 0.05) is 6.54 Å². The Kier molecular flexibility index (Phi) is 11.5. The van der Waals surface area contributed by atoms with E-state index in [1.165, 1.54) is 25.0 Å². The maximum Gasteiger partial charge on any atom is 0.0894 e. The summed E-state index contributed by atoms with van der Waals surface area (Å²) in [6.07, 6.45) is 6.55. The quantitative estimate of drug-likeness (QED) is 0.479. The van der Waals surface area contributed by atoms with Gasteiger partial charge in [-0.25, -0.2) is 0 Å². The lowest BCUT2D eigenvalue weighted by molar-refractivity contribution is 0.0945. The van der Waals surface area contributed by atoms with Crippen LogP contribution in [0.25, 0.3) is 0 Å². The van der Waals surface area contributed by atoms with Gasteiger partial charge in [-0.3, -0.25) is 0 Å². The highest BCUT2D eigenvalue weighted by molar-refractivity contribution is 7.98. The molecule has 4 heteroatoms. The monoisotopic (exact) mass is 221 g/mol. The van der Waals surface area contributed by atoms with Crippen molar-refractivity contribution in [3.8, 4) is 0 Å². The standard InChI is InChI=1S/C10H23NO2S/c1-14-7-5-3-2-4-6-11-8-10(13)9-12/h10-13H,2-9H2,1H3/t10-/m0/s1. The molecule has 0 saturated heterocycles. The van der Waals surface area contributed by atoms with Crippen molar-refractivity contribution in [1.29, 1.82) is 0 Å². The van der Waals surface area contributed by atoms with Gasteiger partial charge < -0.3 is 15.5 Å². The molecule has 0 saturated carbocycles. The maximum absolute atomic E-state index is 9.02. The Morgan fingerprint density at radius 3 is 2.57 bits per heavy atom. The number of nitrogens with one attached hydrogen (secondary N) is 1. The van der Waals surface area contributed by atoms with E-state index in [1.54, 1.807) is 0 Å². The number of aliphatic hydroxyl groups excluding tert-OH is 2. The van der Waals surface area contributed by atoms with E-state index in [4.69, 9.17) is 10.2 Å². The van der Waals surface area contributed by atoms with Crippen LogP contribution in [0.4, 0.5) is 0 Å². The van der Waals surface area contributed by atoms with Crippen LogP contribution in [0.2, 0.25) is 0 Å². The lowest BCUT2D eigenvalue weighted by Gasteiger charge is -2.08. The minimum absolute atomic E-state index is 0.152. The minimum Gasteiger partial charge on any atom is -0.394 e. The molecule has 0 aromatic heterocycles. The van der Waals surface area contributed by atoms with Crippen LogP contribution >= 0.6 is 11.8 Å². The first-order valence-corrected chi connectivity index (χ1v) is 6.69. The molecule has 3 N–H and O–H groups in total. The van der Waals surface area contributed by atoms with Crippen LogP contribution in [-0.4, -0.2) is 48.0 Å². The predicted molar refractivity (Wildman–Crippen MR) is 62.8 cm³/mol. The molecule has 3 nitrogen and oxygen atoms in total. The number of aliphatic hydroxyl groups is 2. The number of unbranched alkanes of at least 4 members (excludes halogenated alkanes) is 3. The van der Waals surface area contributed by atoms with Crippen molar-refractivity contribution in [3.05, 3.63) is 0 Å². The first-order chi connectivity index (χ1) is 6.81. The topological polar surface area (TPSA) is 52.5 Å². The maximum atomic E-state index is 9.02. The molecule has 0 aliphatic carbocycles. The molecule has 0 spiro atoms. The zero-order valence-electron chi connectivity index (χ0n) is 9.04. The molecule has 14 heavy (non-hydrogen) atoms. The Labute approximate surface area is 91.3 Å². The van der Waals surface area contributed by atoms with E-state index in [0.717, 1.165) is 13.0 Å². The minimum atomic E-state index is -0.605. The van der Waals surface area contributed by atoms with Gasteiger partial charge in [-0.05, 0) is 31.4 Å². The average Bonchev–Trinajstić information content (AvgIpc) is 2.21. The van der Waals surface area contributed by atoms with Crippen LogP contribution in [0.5, 0.6) is 0 Å². The molecular weight excluding hydrogens is 198 g/mol. The molecule has 0 aromatic carbocycles. The van der Waals surface area contributed by atoms with Gasteiger partial charge in [0.1, 0.15) is 0 Å². The molecule has 0 fully saturated rings.